The third kappa shape index (κ3) is 10.2. The predicted molar refractivity (Wildman–Crippen MR) is 489 cm³/mol. The Morgan fingerprint density at radius 3 is 1.24 bits per heavy atom. The number of benzene rings is 16. The van der Waals surface area contributed by atoms with Gasteiger partial charge in [0, 0.05) is 88.3 Å². The number of hydrogen-bond donors (Lipinski definition) is 0. The van der Waals surface area contributed by atoms with Crippen LogP contribution in [-0.2, 0) is 16.2 Å². The molecule has 6 heterocycles. The van der Waals surface area contributed by atoms with Gasteiger partial charge in [-0.25, -0.2) is 0 Å². The number of rotatable bonds is 7. The third-order valence-corrected chi connectivity index (χ3v) is 24.5. The first kappa shape index (κ1) is 59.4. The smallest absolute Gasteiger partial charge is 0.252 e. The maximum Gasteiger partial charge on any atom is 0.252 e. The molecule has 0 atom stereocenters. The van der Waals surface area contributed by atoms with E-state index in [1.807, 2.05) is 6.07 Å². The molecule has 0 radical (unpaired) electrons. The van der Waals surface area contributed by atoms with Crippen LogP contribution >= 0.6 is 0 Å². The first-order valence-electron chi connectivity index (χ1n) is 43.7. The quantitative estimate of drug-likeness (QED) is 0.148. The predicted octanol–water partition coefficient (Wildman–Crippen LogP) is 27.4. The van der Waals surface area contributed by atoms with Gasteiger partial charge in [0.1, 0.15) is 0 Å². The summed E-state index contributed by atoms with van der Waals surface area (Å²) in [6.07, 6.45) is 0. The minimum absolute atomic E-state index is 0.00331. The fraction of sp³-hybridized carbons (Fsp3) is 0.111. The Hall–Kier alpha value is -13.4. The van der Waals surface area contributed by atoms with E-state index < -0.39 is 43.0 Å². The molecule has 0 amide bonds. The van der Waals surface area contributed by atoms with E-state index >= 15 is 0 Å². The van der Waals surface area contributed by atoms with Gasteiger partial charge in [-0.2, -0.15) is 0 Å². The van der Waals surface area contributed by atoms with Crippen molar-refractivity contribution in [3.63, 3.8) is 0 Å². The van der Waals surface area contributed by atoms with Crippen molar-refractivity contribution in [1.82, 2.24) is 13.5 Å². The van der Waals surface area contributed by atoms with Gasteiger partial charge in [-0.1, -0.05) is 311 Å². The Morgan fingerprint density at radius 2 is 0.702 bits per heavy atom. The van der Waals surface area contributed by atoms with Gasteiger partial charge in [-0.15, -0.1) is 0 Å². The molecule has 0 fully saturated rings. The first-order chi connectivity index (χ1) is 58.8. The van der Waals surface area contributed by atoms with Crippen LogP contribution in [0.25, 0.3) is 148 Å². The molecule has 20 aromatic rings. The largest absolute Gasteiger partial charge is 0.311 e. The van der Waals surface area contributed by atoms with Crippen LogP contribution in [0.4, 0.5) is 34.1 Å². The summed E-state index contributed by atoms with van der Waals surface area (Å²) in [7, 11) is 0. The molecule has 16 aromatic carbocycles. The zero-order valence-electron chi connectivity index (χ0n) is 73.1. The van der Waals surface area contributed by atoms with Gasteiger partial charge in [-0.05, 0) is 190 Å². The minimum Gasteiger partial charge on any atom is -0.311 e. The van der Waals surface area contributed by atoms with E-state index in [0.29, 0.717) is 5.69 Å². The highest BCUT2D eigenvalue weighted by atomic mass is 15.2. The number of nitrogens with zero attached hydrogens (tertiary/aromatic N) is 5. The zero-order chi connectivity index (χ0) is 83.7. The maximum atomic E-state index is 10.0. The van der Waals surface area contributed by atoms with Crippen molar-refractivity contribution in [1.29, 1.82) is 0 Å². The highest BCUT2D eigenvalue weighted by Gasteiger charge is 2.47. The van der Waals surface area contributed by atoms with Gasteiger partial charge in [0.25, 0.3) is 6.71 Å². The fourth-order valence-electron chi connectivity index (χ4n) is 19.0. The molecule has 0 bridgehead atoms. The minimum atomic E-state index is -0.572. The Bertz CT molecular complexity index is 7780. The molecule has 0 N–H and O–H groups in total. The molecule has 5 nitrogen and oxygen atoms in total. The monoisotopic (exact) mass is 1470 g/mol. The fourth-order valence-corrected chi connectivity index (χ4v) is 19.0. The van der Waals surface area contributed by atoms with E-state index in [4.69, 9.17) is 0 Å². The van der Waals surface area contributed by atoms with Crippen molar-refractivity contribution < 1.29 is 11.0 Å². The molecule has 0 unspecified atom stereocenters. The van der Waals surface area contributed by atoms with Crippen LogP contribution in [0.15, 0.2) is 346 Å². The molecule has 4 aromatic heterocycles. The lowest BCUT2D eigenvalue weighted by molar-refractivity contribution is 0.590. The van der Waals surface area contributed by atoms with Gasteiger partial charge in [0.05, 0.1) is 61.0 Å². The van der Waals surface area contributed by atoms with Gasteiger partial charge in [-0.3, -0.25) is 0 Å². The average Bonchev–Trinajstić information content (AvgIpc) is 1.28. The van der Waals surface area contributed by atoms with E-state index in [2.05, 4.69) is 372 Å². The van der Waals surface area contributed by atoms with Crippen LogP contribution in [0.2, 0.25) is 0 Å². The third-order valence-electron chi connectivity index (χ3n) is 24.5. The van der Waals surface area contributed by atoms with Crippen molar-refractivity contribution in [3.05, 3.63) is 362 Å². The molecule has 0 aliphatic carbocycles. The number of para-hydroxylation sites is 4. The maximum absolute atomic E-state index is 10.0. The lowest BCUT2D eigenvalue weighted by atomic mass is 9.33. The molecule has 22 rings (SSSR count). The summed E-state index contributed by atoms with van der Waals surface area (Å²) in [5, 5.41) is 11.0. The summed E-state index contributed by atoms with van der Waals surface area (Å²) >= 11 is 0. The molecule has 544 valence electrons. The second-order valence-corrected chi connectivity index (χ2v) is 34.2. The Kier molecular flexibility index (Phi) is 13.1. The summed E-state index contributed by atoms with van der Waals surface area (Å²) in [6, 6.07) is 106. The molecule has 2 aliphatic heterocycles. The standard InChI is InChI=1S/C108H84BN5/c1-106(2,3)71-50-58-95-88(60-71)89-61-72(107(4,5)6)51-59-96(89)111(95)75-54-56-90-97(64-75)112(74-52-48-68(49-53-74)67-30-13-10-14-31-67)105-101-85-44-29-43-84-80-39-22-20-37-78(80)77-36-19-21-38-79(77)81-40-23-28-47-94(81)113(103(84)85)99(101)66-100-102(105)109(90)91-57-55-76(110-92-45-26-24-41-82(92)83-42-25-27-46-93(83)110)65-98(91)114(100)104-86(69-32-15-11-16-33-69)62-73(108(7,8)9)63-87(104)70-34-17-12-18-35-70/h10-66H,1-9H3/i24D,25D,26D,27D,41D,42D,45D,46D. The van der Waals surface area contributed by atoms with Crippen LogP contribution in [0.3, 0.4) is 0 Å². The van der Waals surface area contributed by atoms with E-state index in [0.717, 1.165) is 166 Å². The van der Waals surface area contributed by atoms with Crippen molar-refractivity contribution in [2.75, 3.05) is 9.80 Å². The number of anilines is 6. The second kappa shape index (κ2) is 25.0. The summed E-state index contributed by atoms with van der Waals surface area (Å²) < 4.78 is 83.5. The summed E-state index contributed by atoms with van der Waals surface area (Å²) in [6.45, 7) is 20.0. The van der Waals surface area contributed by atoms with Crippen LogP contribution < -0.4 is 26.2 Å². The van der Waals surface area contributed by atoms with Gasteiger partial charge < -0.3 is 23.3 Å². The molecule has 6 heteroatoms. The molecule has 0 saturated carbocycles. The van der Waals surface area contributed by atoms with Crippen LogP contribution in [-0.4, -0.2) is 20.2 Å². The molecule has 0 spiro atoms. The summed E-state index contributed by atoms with van der Waals surface area (Å²) in [5.74, 6) is 0. The topological polar surface area (TPSA) is 20.8 Å². The van der Waals surface area contributed by atoms with E-state index in [1.54, 1.807) is 4.57 Å². The van der Waals surface area contributed by atoms with Crippen molar-refractivity contribution in [2.24, 2.45) is 0 Å². The lowest BCUT2D eigenvalue weighted by Gasteiger charge is -2.45. The average molecular weight is 1470 g/mol. The number of aromatic nitrogens is 3. The van der Waals surface area contributed by atoms with Crippen molar-refractivity contribution >= 4 is 160 Å². The highest BCUT2D eigenvalue weighted by molar-refractivity contribution is 7.00. The summed E-state index contributed by atoms with van der Waals surface area (Å²) in [5.41, 5.74) is 24.0. The summed E-state index contributed by atoms with van der Waals surface area (Å²) in [4.78, 5) is 5.08. The highest BCUT2D eigenvalue weighted by Crippen LogP contribution is 2.56. The number of fused-ring (bicyclic) bond motifs is 21. The molecule has 2 aliphatic rings. The van der Waals surface area contributed by atoms with E-state index in [1.165, 1.54) is 21.9 Å². The second-order valence-electron chi connectivity index (χ2n) is 34.2. The zero-order valence-corrected chi connectivity index (χ0v) is 65.1. The van der Waals surface area contributed by atoms with Crippen molar-refractivity contribution in [3.8, 4) is 44.8 Å². The molecule has 114 heavy (non-hydrogen) atoms. The van der Waals surface area contributed by atoms with E-state index in [9.17, 15) is 11.0 Å². The Balaban J connectivity index is 0.983. The van der Waals surface area contributed by atoms with Crippen LogP contribution in [0.5, 0.6) is 0 Å². The molecular weight excluding hydrogens is 1380 g/mol. The van der Waals surface area contributed by atoms with E-state index in [-0.39, 0.29) is 50.1 Å². The molecular formula is C108H84BN5. The van der Waals surface area contributed by atoms with Crippen LogP contribution in [0.1, 0.15) is 90.0 Å². The SMILES string of the molecule is [2H]c1c([2H])c([2H])c2c(c1[2H])c1c([2H])c([2H])c([2H])c([2H])c1n2-c1ccc2c(c1)N(c1c(-c3ccccc3)cc(C(C)(C)C)cc1-c1ccccc1)c1cc3c(c4c1B2c1ccc(-n2c5ccc(C(C)(C)C)cc5c5cc(C(C)(C)C)ccc52)cc1N4c1ccc(-c2ccccc2)cc1)c1cccc2c4ccccc4c4ccccc4c4ccccc4n3c21. The van der Waals surface area contributed by atoms with Gasteiger partial charge in [0.15, 0.2) is 0 Å². The number of hydrogen-bond acceptors (Lipinski definition) is 2. The van der Waals surface area contributed by atoms with Gasteiger partial charge >= 0.3 is 0 Å². The van der Waals surface area contributed by atoms with Crippen molar-refractivity contribution in [2.45, 2.75) is 78.6 Å². The Labute approximate surface area is 676 Å². The van der Waals surface area contributed by atoms with Gasteiger partial charge in [0.2, 0.25) is 0 Å². The van der Waals surface area contributed by atoms with Crippen LogP contribution in [0, 0.1) is 0 Å². The normalized spacial score (nSPS) is 14.1. The Morgan fingerprint density at radius 1 is 0.272 bits per heavy atom. The lowest BCUT2D eigenvalue weighted by Crippen LogP contribution is -2.61. The first-order valence-corrected chi connectivity index (χ1v) is 39.7. The molecule has 0 saturated heterocycles.